The van der Waals surface area contributed by atoms with Crippen molar-refractivity contribution in [3.63, 3.8) is 0 Å². The highest BCUT2D eigenvalue weighted by Crippen LogP contribution is 2.13. The summed E-state index contributed by atoms with van der Waals surface area (Å²) in [7, 11) is 0. The second-order valence-electron chi connectivity index (χ2n) is 7.15. The molecule has 1 amide bonds. The third-order valence-corrected chi connectivity index (χ3v) is 3.97. The zero-order valence-electron chi connectivity index (χ0n) is 14.8. The molecule has 0 aliphatic carbocycles. The first kappa shape index (κ1) is 20.0. The highest BCUT2D eigenvalue weighted by atomic mass is 79.9. The fraction of sp³-hybridized carbons (Fsp3) is 0.611. The zero-order valence-corrected chi connectivity index (χ0v) is 16.4. The van der Waals surface area contributed by atoms with Gasteiger partial charge in [-0.1, -0.05) is 41.9 Å². The molecule has 0 saturated carbocycles. The van der Waals surface area contributed by atoms with E-state index in [0.29, 0.717) is 18.4 Å². The van der Waals surface area contributed by atoms with Crippen LogP contribution in [0.2, 0.25) is 0 Å². The van der Waals surface area contributed by atoms with Crippen LogP contribution in [-0.4, -0.2) is 24.8 Å². The third kappa shape index (κ3) is 8.96. The average molecular weight is 385 g/mol. The lowest BCUT2D eigenvalue weighted by atomic mass is 9.95. The largest absolute Gasteiger partial charge is 0.444 e. The van der Waals surface area contributed by atoms with E-state index in [4.69, 9.17) is 4.74 Å². The van der Waals surface area contributed by atoms with E-state index < -0.39 is 5.60 Å². The van der Waals surface area contributed by atoms with Crippen LogP contribution >= 0.6 is 15.9 Å². The van der Waals surface area contributed by atoms with Gasteiger partial charge in [0.25, 0.3) is 0 Å². The Bertz CT molecular complexity index is 498. The fourth-order valence-electron chi connectivity index (χ4n) is 2.12. The number of benzene rings is 1. The first-order valence-electron chi connectivity index (χ1n) is 8.09. The Morgan fingerprint density at radius 2 is 1.96 bits per heavy atom. The second kappa shape index (κ2) is 9.28. The predicted octanol–water partition coefficient (Wildman–Crippen LogP) is 4.34. The molecule has 4 nitrogen and oxygen atoms in total. The monoisotopic (exact) mass is 384 g/mol. The molecule has 1 aromatic rings. The standard InChI is InChI=1S/C18H29BrN2O2/c1-13(2)15(12-21-17(22)23-18(3,4)5)11-20-10-14-7-6-8-16(19)9-14/h6-9,13,15,20H,10-12H2,1-5H3,(H,21,22). The van der Waals surface area contributed by atoms with Gasteiger partial charge in [-0.05, 0) is 50.3 Å². The summed E-state index contributed by atoms with van der Waals surface area (Å²) in [5.74, 6) is 0.828. The van der Waals surface area contributed by atoms with Crippen molar-refractivity contribution < 1.29 is 9.53 Å². The number of rotatable bonds is 7. The first-order valence-corrected chi connectivity index (χ1v) is 8.88. The van der Waals surface area contributed by atoms with Crippen LogP contribution in [0.5, 0.6) is 0 Å². The molecule has 1 atom stereocenters. The molecule has 130 valence electrons. The number of carbonyl (C=O) groups excluding carboxylic acids is 1. The maximum Gasteiger partial charge on any atom is 0.407 e. The molecule has 1 unspecified atom stereocenters. The van der Waals surface area contributed by atoms with E-state index >= 15 is 0 Å². The minimum absolute atomic E-state index is 0.352. The van der Waals surface area contributed by atoms with Crippen molar-refractivity contribution in [3.05, 3.63) is 34.3 Å². The van der Waals surface area contributed by atoms with Crippen molar-refractivity contribution in [3.8, 4) is 0 Å². The predicted molar refractivity (Wildman–Crippen MR) is 98.4 cm³/mol. The Labute approximate surface area is 148 Å². The summed E-state index contributed by atoms with van der Waals surface area (Å²) in [4.78, 5) is 11.8. The normalized spacial score (nSPS) is 13.0. The lowest BCUT2D eigenvalue weighted by Gasteiger charge is -2.24. The second-order valence-corrected chi connectivity index (χ2v) is 8.06. The van der Waals surface area contributed by atoms with Gasteiger partial charge in [0.05, 0.1) is 0 Å². The van der Waals surface area contributed by atoms with Crippen LogP contribution in [0.4, 0.5) is 4.79 Å². The molecular weight excluding hydrogens is 356 g/mol. The quantitative estimate of drug-likeness (QED) is 0.734. The molecule has 0 aliphatic rings. The maximum atomic E-state index is 11.8. The Kier molecular flexibility index (Phi) is 8.06. The summed E-state index contributed by atoms with van der Waals surface area (Å²) in [6.07, 6.45) is -0.352. The summed E-state index contributed by atoms with van der Waals surface area (Å²) >= 11 is 3.48. The van der Waals surface area contributed by atoms with Gasteiger partial charge in [-0.2, -0.15) is 0 Å². The van der Waals surface area contributed by atoms with Crippen LogP contribution in [0.25, 0.3) is 0 Å². The maximum absolute atomic E-state index is 11.8. The van der Waals surface area contributed by atoms with Gasteiger partial charge >= 0.3 is 6.09 Å². The van der Waals surface area contributed by atoms with Gasteiger partial charge in [-0.3, -0.25) is 0 Å². The summed E-state index contributed by atoms with van der Waals surface area (Å²) in [6.45, 7) is 12.2. The average Bonchev–Trinajstić information content (AvgIpc) is 2.40. The van der Waals surface area contributed by atoms with Gasteiger partial charge in [0, 0.05) is 24.1 Å². The van der Waals surface area contributed by atoms with Crippen molar-refractivity contribution in [1.29, 1.82) is 0 Å². The lowest BCUT2D eigenvalue weighted by Crippen LogP contribution is -2.39. The van der Waals surface area contributed by atoms with E-state index in [2.05, 4.69) is 52.5 Å². The molecule has 0 bridgehead atoms. The van der Waals surface area contributed by atoms with E-state index in [0.717, 1.165) is 17.6 Å². The van der Waals surface area contributed by atoms with Gasteiger partial charge in [0.15, 0.2) is 0 Å². The number of hydrogen-bond donors (Lipinski definition) is 2. The van der Waals surface area contributed by atoms with Crippen molar-refractivity contribution in [2.75, 3.05) is 13.1 Å². The molecule has 0 fully saturated rings. The van der Waals surface area contributed by atoms with Gasteiger partial charge in [0.1, 0.15) is 5.60 Å². The number of carbonyl (C=O) groups is 1. The molecule has 1 aromatic carbocycles. The summed E-state index contributed by atoms with van der Waals surface area (Å²) in [6, 6.07) is 8.26. The molecule has 0 saturated heterocycles. The highest BCUT2D eigenvalue weighted by Gasteiger charge is 2.18. The topological polar surface area (TPSA) is 50.4 Å². The van der Waals surface area contributed by atoms with Gasteiger partial charge in [0.2, 0.25) is 0 Å². The highest BCUT2D eigenvalue weighted by molar-refractivity contribution is 9.10. The molecule has 5 heteroatoms. The Morgan fingerprint density at radius 3 is 2.52 bits per heavy atom. The summed E-state index contributed by atoms with van der Waals surface area (Å²) in [5.41, 5.74) is 0.776. The van der Waals surface area contributed by atoms with Crippen LogP contribution in [0.15, 0.2) is 28.7 Å². The number of ether oxygens (including phenoxy) is 1. The zero-order chi connectivity index (χ0) is 17.5. The number of halogens is 1. The SMILES string of the molecule is CC(C)C(CNCc1cccc(Br)c1)CNC(=O)OC(C)(C)C. The van der Waals surface area contributed by atoms with Crippen molar-refractivity contribution in [2.45, 2.75) is 46.8 Å². The molecule has 0 heterocycles. The fourth-order valence-corrected chi connectivity index (χ4v) is 2.57. The van der Waals surface area contributed by atoms with E-state index in [-0.39, 0.29) is 6.09 Å². The summed E-state index contributed by atoms with van der Waals surface area (Å²) in [5, 5.41) is 6.34. The Morgan fingerprint density at radius 1 is 1.26 bits per heavy atom. The van der Waals surface area contributed by atoms with E-state index in [1.807, 2.05) is 32.9 Å². The van der Waals surface area contributed by atoms with Crippen LogP contribution in [-0.2, 0) is 11.3 Å². The molecular formula is C18H29BrN2O2. The molecule has 0 aromatic heterocycles. The Balaban J connectivity index is 2.39. The van der Waals surface area contributed by atoms with Crippen molar-refractivity contribution >= 4 is 22.0 Å². The van der Waals surface area contributed by atoms with Crippen molar-refractivity contribution in [2.24, 2.45) is 11.8 Å². The molecule has 0 aliphatic heterocycles. The van der Waals surface area contributed by atoms with Crippen LogP contribution in [0.1, 0.15) is 40.2 Å². The lowest BCUT2D eigenvalue weighted by molar-refractivity contribution is 0.0515. The van der Waals surface area contributed by atoms with Gasteiger partial charge < -0.3 is 15.4 Å². The molecule has 0 radical (unpaired) electrons. The third-order valence-electron chi connectivity index (χ3n) is 3.47. The Hall–Kier alpha value is -1.07. The molecule has 23 heavy (non-hydrogen) atoms. The van der Waals surface area contributed by atoms with E-state index in [1.165, 1.54) is 5.56 Å². The van der Waals surface area contributed by atoms with E-state index in [1.54, 1.807) is 0 Å². The minimum atomic E-state index is -0.462. The van der Waals surface area contributed by atoms with E-state index in [9.17, 15) is 4.79 Å². The van der Waals surface area contributed by atoms with Crippen LogP contribution < -0.4 is 10.6 Å². The van der Waals surface area contributed by atoms with Gasteiger partial charge in [-0.15, -0.1) is 0 Å². The smallest absolute Gasteiger partial charge is 0.407 e. The first-order chi connectivity index (χ1) is 10.7. The molecule has 0 spiro atoms. The van der Waals surface area contributed by atoms with Crippen LogP contribution in [0.3, 0.4) is 0 Å². The van der Waals surface area contributed by atoms with Gasteiger partial charge in [-0.25, -0.2) is 4.79 Å². The number of amides is 1. The number of nitrogens with one attached hydrogen (secondary N) is 2. The van der Waals surface area contributed by atoms with Crippen molar-refractivity contribution in [1.82, 2.24) is 10.6 Å². The minimum Gasteiger partial charge on any atom is -0.444 e. The molecule has 2 N–H and O–H groups in total. The molecule has 1 rings (SSSR count). The van der Waals surface area contributed by atoms with Crippen LogP contribution in [0, 0.1) is 11.8 Å². The number of alkyl carbamates (subject to hydrolysis) is 1. The number of hydrogen-bond acceptors (Lipinski definition) is 3. The summed E-state index contributed by atoms with van der Waals surface area (Å²) < 4.78 is 6.37.